The molecule has 0 amide bonds. The Labute approximate surface area is 193 Å². The highest BCUT2D eigenvalue weighted by molar-refractivity contribution is 5.90. The fourth-order valence-electron chi connectivity index (χ4n) is 3.34. The lowest BCUT2D eigenvalue weighted by Crippen LogP contribution is -2.18. The van der Waals surface area contributed by atoms with E-state index in [0.717, 1.165) is 11.1 Å². The van der Waals surface area contributed by atoms with E-state index in [9.17, 15) is 10.1 Å². The van der Waals surface area contributed by atoms with Gasteiger partial charge in [-0.15, -0.1) is 0 Å². The number of ether oxygens (including phenoxy) is 4. The van der Waals surface area contributed by atoms with E-state index in [1.54, 1.807) is 56.7 Å². The third kappa shape index (κ3) is 5.92. The average Bonchev–Trinajstić information content (AvgIpc) is 2.82. The zero-order valence-electron chi connectivity index (χ0n) is 19.0. The molecular weight excluding hydrogens is 418 g/mol. The van der Waals surface area contributed by atoms with Crippen LogP contribution in [0.25, 0.3) is 11.6 Å². The minimum atomic E-state index is -0.515. The molecule has 0 aliphatic heterocycles. The number of carbonyl (C=O) groups excluding carboxylic acids is 1. The summed E-state index contributed by atoms with van der Waals surface area (Å²) in [6.07, 6.45) is 1.71. The van der Waals surface area contributed by atoms with Gasteiger partial charge in [0, 0.05) is 0 Å². The van der Waals surface area contributed by atoms with Crippen LogP contribution in [0.5, 0.6) is 23.0 Å². The number of carbonyl (C=O) groups is 1. The third-order valence-electron chi connectivity index (χ3n) is 4.96. The predicted molar refractivity (Wildman–Crippen MR) is 127 cm³/mol. The zero-order chi connectivity index (χ0) is 23.8. The first kappa shape index (κ1) is 23.4. The molecule has 0 fully saturated rings. The smallest absolute Gasteiger partial charge is 0.349 e. The van der Waals surface area contributed by atoms with Gasteiger partial charge >= 0.3 is 5.97 Å². The number of para-hydroxylation sites is 1. The van der Waals surface area contributed by atoms with Gasteiger partial charge in [-0.1, -0.05) is 30.3 Å². The molecule has 0 aliphatic rings. The van der Waals surface area contributed by atoms with Gasteiger partial charge in [0.15, 0.2) is 18.1 Å². The summed E-state index contributed by atoms with van der Waals surface area (Å²) in [5, 5.41) is 9.68. The van der Waals surface area contributed by atoms with E-state index < -0.39 is 5.97 Å². The lowest BCUT2D eigenvalue weighted by atomic mass is 10.0. The molecular formula is C27H25NO5. The molecule has 3 aromatic rings. The largest absolute Gasteiger partial charge is 0.493 e. The van der Waals surface area contributed by atoms with Gasteiger partial charge in [-0.2, -0.15) is 5.26 Å². The van der Waals surface area contributed by atoms with Crippen molar-refractivity contribution in [2.24, 2.45) is 0 Å². The first-order chi connectivity index (χ1) is 15.9. The number of hydrogen-bond acceptors (Lipinski definition) is 6. The maximum atomic E-state index is 12.3. The molecule has 3 rings (SSSR count). The standard InChI is InChI=1S/C27H25NO5/c1-18-7-5-8-19(2)27(18)32-17-26(29)33-23-10-6-9-20(14-23)13-22(16-28)21-11-12-24(30-3)25(15-21)31-4/h5-15H,17H2,1-4H3/b22-13-. The maximum absolute atomic E-state index is 12.3. The van der Waals surface area contributed by atoms with Gasteiger partial charge < -0.3 is 18.9 Å². The van der Waals surface area contributed by atoms with E-state index in [-0.39, 0.29) is 6.61 Å². The molecule has 0 saturated carbocycles. The number of methoxy groups -OCH3 is 2. The van der Waals surface area contributed by atoms with Crippen molar-refractivity contribution in [1.82, 2.24) is 0 Å². The summed E-state index contributed by atoms with van der Waals surface area (Å²) >= 11 is 0. The number of nitrogens with zero attached hydrogens (tertiary/aromatic N) is 1. The van der Waals surface area contributed by atoms with Crippen LogP contribution in [-0.2, 0) is 4.79 Å². The Morgan fingerprint density at radius 1 is 0.939 bits per heavy atom. The van der Waals surface area contributed by atoms with Crippen LogP contribution in [0.2, 0.25) is 0 Å². The summed E-state index contributed by atoms with van der Waals surface area (Å²) in [6.45, 7) is 3.64. The third-order valence-corrected chi connectivity index (χ3v) is 4.96. The summed E-state index contributed by atoms with van der Waals surface area (Å²) in [5.74, 6) is 1.64. The molecule has 0 unspecified atom stereocenters. The Balaban J connectivity index is 1.74. The SMILES string of the molecule is COc1ccc(/C(C#N)=C\c2cccc(OC(=O)COc3c(C)cccc3C)c2)cc1OC. The van der Waals surface area contributed by atoms with Crippen LogP contribution in [0.4, 0.5) is 0 Å². The molecule has 0 spiro atoms. The average molecular weight is 443 g/mol. The molecule has 0 radical (unpaired) electrons. The Bertz CT molecular complexity index is 1200. The molecule has 0 heterocycles. The van der Waals surface area contributed by atoms with Gasteiger partial charge in [-0.05, 0) is 72.5 Å². The van der Waals surface area contributed by atoms with Crippen LogP contribution >= 0.6 is 0 Å². The van der Waals surface area contributed by atoms with Gasteiger partial charge in [0.05, 0.1) is 25.9 Å². The highest BCUT2D eigenvalue weighted by Gasteiger charge is 2.11. The molecule has 6 nitrogen and oxygen atoms in total. The zero-order valence-corrected chi connectivity index (χ0v) is 19.0. The van der Waals surface area contributed by atoms with E-state index in [0.29, 0.717) is 39.7 Å². The molecule has 0 N–H and O–H groups in total. The van der Waals surface area contributed by atoms with Crippen LogP contribution in [0.1, 0.15) is 22.3 Å². The van der Waals surface area contributed by atoms with Crippen LogP contribution < -0.4 is 18.9 Å². The summed E-state index contributed by atoms with van der Waals surface area (Å²) in [7, 11) is 3.10. The van der Waals surface area contributed by atoms with Crippen molar-refractivity contribution < 1.29 is 23.7 Å². The topological polar surface area (TPSA) is 77.8 Å². The number of rotatable bonds is 8. The second-order valence-corrected chi connectivity index (χ2v) is 7.30. The fourth-order valence-corrected chi connectivity index (χ4v) is 3.34. The van der Waals surface area contributed by atoms with E-state index in [1.165, 1.54) is 0 Å². The number of allylic oxidation sites excluding steroid dienone is 1. The highest BCUT2D eigenvalue weighted by Crippen LogP contribution is 2.31. The minimum Gasteiger partial charge on any atom is -0.493 e. The van der Waals surface area contributed by atoms with Crippen LogP contribution in [-0.4, -0.2) is 26.8 Å². The van der Waals surface area contributed by atoms with Crippen LogP contribution in [0.15, 0.2) is 60.7 Å². The highest BCUT2D eigenvalue weighted by atomic mass is 16.6. The number of aryl methyl sites for hydroxylation is 2. The van der Waals surface area contributed by atoms with Gasteiger partial charge in [0.2, 0.25) is 0 Å². The summed E-state index contributed by atoms with van der Waals surface area (Å²) in [6, 6.07) is 20.2. The molecule has 0 atom stereocenters. The van der Waals surface area contributed by atoms with Gasteiger partial charge in [0.25, 0.3) is 0 Å². The minimum absolute atomic E-state index is 0.207. The van der Waals surface area contributed by atoms with Gasteiger partial charge in [-0.25, -0.2) is 4.79 Å². The van der Waals surface area contributed by atoms with Crippen molar-refractivity contribution >= 4 is 17.6 Å². The molecule has 0 saturated heterocycles. The first-order valence-corrected chi connectivity index (χ1v) is 10.3. The fraction of sp³-hybridized carbons (Fsp3) is 0.185. The lowest BCUT2D eigenvalue weighted by Gasteiger charge is -2.11. The number of nitriles is 1. The monoisotopic (exact) mass is 443 g/mol. The van der Waals surface area contributed by atoms with Crippen molar-refractivity contribution in [3.05, 3.63) is 82.9 Å². The number of benzene rings is 3. The molecule has 0 aromatic heterocycles. The molecule has 168 valence electrons. The Morgan fingerprint density at radius 2 is 1.64 bits per heavy atom. The Hall–Kier alpha value is -4.24. The van der Waals surface area contributed by atoms with E-state index in [1.807, 2.05) is 38.1 Å². The second-order valence-electron chi connectivity index (χ2n) is 7.30. The van der Waals surface area contributed by atoms with Crippen molar-refractivity contribution in [1.29, 1.82) is 5.26 Å². The summed E-state index contributed by atoms with van der Waals surface area (Å²) < 4.78 is 21.7. The lowest BCUT2D eigenvalue weighted by molar-refractivity contribution is -0.136. The van der Waals surface area contributed by atoms with E-state index >= 15 is 0 Å². The summed E-state index contributed by atoms with van der Waals surface area (Å²) in [5.41, 5.74) is 3.72. The normalized spacial score (nSPS) is 10.8. The Morgan fingerprint density at radius 3 is 2.30 bits per heavy atom. The number of esters is 1. The van der Waals surface area contributed by atoms with Crippen molar-refractivity contribution in [2.75, 3.05) is 20.8 Å². The quantitative estimate of drug-likeness (QED) is 0.202. The first-order valence-electron chi connectivity index (χ1n) is 10.3. The molecule has 0 bridgehead atoms. The van der Waals surface area contributed by atoms with Gasteiger partial charge in [-0.3, -0.25) is 0 Å². The van der Waals surface area contributed by atoms with Crippen LogP contribution in [0.3, 0.4) is 0 Å². The molecule has 0 aliphatic carbocycles. The molecule has 6 heteroatoms. The molecule has 33 heavy (non-hydrogen) atoms. The van der Waals surface area contributed by atoms with E-state index in [2.05, 4.69) is 6.07 Å². The van der Waals surface area contributed by atoms with E-state index in [4.69, 9.17) is 18.9 Å². The number of hydrogen-bond donors (Lipinski definition) is 0. The predicted octanol–water partition coefficient (Wildman–Crippen LogP) is 5.37. The Kier molecular flexibility index (Phi) is 7.72. The molecule has 3 aromatic carbocycles. The van der Waals surface area contributed by atoms with Crippen molar-refractivity contribution in [3.63, 3.8) is 0 Å². The van der Waals surface area contributed by atoms with Crippen molar-refractivity contribution in [3.8, 4) is 29.1 Å². The van der Waals surface area contributed by atoms with Crippen molar-refractivity contribution in [2.45, 2.75) is 13.8 Å². The van der Waals surface area contributed by atoms with Gasteiger partial charge in [0.1, 0.15) is 11.5 Å². The maximum Gasteiger partial charge on any atom is 0.349 e. The van der Waals surface area contributed by atoms with Crippen LogP contribution in [0, 0.1) is 25.2 Å². The second kappa shape index (κ2) is 10.9. The summed E-state index contributed by atoms with van der Waals surface area (Å²) in [4.78, 5) is 12.3.